The molecule has 0 unspecified atom stereocenters. The van der Waals surface area contributed by atoms with Gasteiger partial charge in [-0.15, -0.1) is 0 Å². The normalized spacial score (nSPS) is 10.4. The smallest absolute Gasteiger partial charge is 0.338 e. The van der Waals surface area contributed by atoms with Crippen LogP contribution in [0.15, 0.2) is 71.7 Å². The highest BCUT2D eigenvalue weighted by molar-refractivity contribution is 5.88. The molecule has 0 saturated carbocycles. The maximum Gasteiger partial charge on any atom is 0.338 e. The van der Waals surface area contributed by atoms with Crippen LogP contribution in [0.1, 0.15) is 12.5 Å². The van der Waals surface area contributed by atoms with Crippen molar-refractivity contribution in [3.63, 3.8) is 0 Å². The summed E-state index contributed by atoms with van der Waals surface area (Å²) in [5.74, 6) is 0.0576. The number of benzene rings is 2. The second-order valence-electron chi connectivity index (χ2n) is 4.33. The number of ether oxygens (including phenoxy) is 1. The van der Waals surface area contributed by atoms with E-state index < -0.39 is 5.97 Å². The maximum atomic E-state index is 11.4. The molecule has 0 fully saturated rings. The molecule has 2 aromatic carbocycles. The molecule has 100 valence electrons. The Kier molecular flexibility index (Phi) is 4.45. The zero-order valence-electron chi connectivity index (χ0n) is 11.2. The van der Waals surface area contributed by atoms with Crippen molar-refractivity contribution in [3.05, 3.63) is 72.3 Å². The average Bonchev–Trinajstić information content (AvgIpc) is 2.47. The standard InChI is InChI=1S/C17H15NO2/c1-13(2)17(19)20-16-10-8-15(9-11-16)18-12-14-6-4-3-5-7-14/h3-12H,1H2,2H3. The Balaban J connectivity index is 2.03. The van der Waals surface area contributed by atoms with Crippen molar-refractivity contribution in [2.75, 3.05) is 0 Å². The first kappa shape index (κ1) is 13.7. The fourth-order valence-corrected chi connectivity index (χ4v) is 1.48. The summed E-state index contributed by atoms with van der Waals surface area (Å²) < 4.78 is 5.10. The first-order chi connectivity index (χ1) is 9.65. The van der Waals surface area contributed by atoms with Crippen LogP contribution in [0.3, 0.4) is 0 Å². The Morgan fingerprint density at radius 1 is 1.10 bits per heavy atom. The minimum absolute atomic E-state index is 0.371. The number of carbonyl (C=O) groups is 1. The second-order valence-corrected chi connectivity index (χ2v) is 4.33. The molecule has 0 N–H and O–H groups in total. The van der Waals surface area contributed by atoms with Gasteiger partial charge in [0.05, 0.1) is 5.69 Å². The van der Waals surface area contributed by atoms with E-state index in [0.29, 0.717) is 11.3 Å². The highest BCUT2D eigenvalue weighted by Gasteiger charge is 2.04. The van der Waals surface area contributed by atoms with Gasteiger partial charge in [0.2, 0.25) is 0 Å². The summed E-state index contributed by atoms with van der Waals surface area (Å²) in [6.07, 6.45) is 1.79. The molecule has 2 aromatic rings. The predicted octanol–water partition coefficient (Wildman–Crippen LogP) is 3.92. The Labute approximate surface area is 118 Å². The molecule has 0 heterocycles. The lowest BCUT2D eigenvalue weighted by atomic mass is 10.2. The van der Waals surface area contributed by atoms with Gasteiger partial charge in [0, 0.05) is 11.8 Å². The van der Waals surface area contributed by atoms with Crippen LogP contribution in [-0.4, -0.2) is 12.2 Å². The second kappa shape index (κ2) is 6.48. The number of nitrogens with zero attached hydrogens (tertiary/aromatic N) is 1. The molecule has 0 aliphatic carbocycles. The topological polar surface area (TPSA) is 38.7 Å². The van der Waals surface area contributed by atoms with Crippen molar-refractivity contribution in [2.24, 2.45) is 4.99 Å². The summed E-state index contributed by atoms with van der Waals surface area (Å²) >= 11 is 0. The number of rotatable bonds is 4. The summed E-state index contributed by atoms with van der Waals surface area (Å²) in [4.78, 5) is 15.7. The number of esters is 1. The van der Waals surface area contributed by atoms with Gasteiger partial charge in [-0.25, -0.2) is 4.79 Å². The highest BCUT2D eigenvalue weighted by atomic mass is 16.5. The minimum atomic E-state index is -0.425. The molecule has 3 heteroatoms. The van der Waals surface area contributed by atoms with E-state index in [0.717, 1.165) is 11.3 Å². The third kappa shape index (κ3) is 3.92. The molecule has 0 aromatic heterocycles. The van der Waals surface area contributed by atoms with Gasteiger partial charge in [-0.05, 0) is 36.8 Å². The lowest BCUT2D eigenvalue weighted by Gasteiger charge is -2.03. The van der Waals surface area contributed by atoms with E-state index in [1.165, 1.54) is 0 Å². The zero-order valence-corrected chi connectivity index (χ0v) is 11.2. The van der Waals surface area contributed by atoms with Gasteiger partial charge in [0.25, 0.3) is 0 Å². The van der Waals surface area contributed by atoms with Gasteiger partial charge < -0.3 is 4.74 Å². The van der Waals surface area contributed by atoms with Crippen LogP contribution in [-0.2, 0) is 4.79 Å². The minimum Gasteiger partial charge on any atom is -0.423 e. The number of aliphatic imine (C=N–C) groups is 1. The maximum absolute atomic E-state index is 11.4. The Bertz CT molecular complexity index is 628. The van der Waals surface area contributed by atoms with Crippen molar-refractivity contribution >= 4 is 17.9 Å². The molecule has 3 nitrogen and oxygen atoms in total. The van der Waals surface area contributed by atoms with E-state index in [9.17, 15) is 4.79 Å². The molecule has 0 spiro atoms. The van der Waals surface area contributed by atoms with Crippen LogP contribution < -0.4 is 4.74 Å². The molecule has 0 amide bonds. The largest absolute Gasteiger partial charge is 0.423 e. The van der Waals surface area contributed by atoms with E-state index >= 15 is 0 Å². The van der Waals surface area contributed by atoms with Crippen LogP contribution >= 0.6 is 0 Å². The molecule has 0 saturated heterocycles. The van der Waals surface area contributed by atoms with E-state index in [-0.39, 0.29) is 0 Å². The van der Waals surface area contributed by atoms with Crippen LogP contribution in [0, 0.1) is 0 Å². The van der Waals surface area contributed by atoms with E-state index in [1.807, 2.05) is 30.3 Å². The Hall–Kier alpha value is -2.68. The average molecular weight is 265 g/mol. The molecule has 2 rings (SSSR count). The molecular weight excluding hydrogens is 250 g/mol. The van der Waals surface area contributed by atoms with Crippen LogP contribution in [0.4, 0.5) is 5.69 Å². The summed E-state index contributed by atoms with van der Waals surface area (Å²) in [5, 5.41) is 0. The van der Waals surface area contributed by atoms with Crippen molar-refractivity contribution in [1.82, 2.24) is 0 Å². The fraction of sp³-hybridized carbons (Fsp3) is 0.0588. The van der Waals surface area contributed by atoms with Gasteiger partial charge in [0.1, 0.15) is 5.75 Å². The van der Waals surface area contributed by atoms with Gasteiger partial charge in [-0.1, -0.05) is 36.9 Å². The molecule has 0 radical (unpaired) electrons. The van der Waals surface area contributed by atoms with Crippen LogP contribution in [0.5, 0.6) is 5.75 Å². The fourth-order valence-electron chi connectivity index (χ4n) is 1.48. The zero-order chi connectivity index (χ0) is 14.4. The molecule has 0 aliphatic heterocycles. The SMILES string of the molecule is C=C(C)C(=O)Oc1ccc(N=Cc2ccccc2)cc1. The summed E-state index contributed by atoms with van der Waals surface area (Å²) in [5.41, 5.74) is 2.20. The Morgan fingerprint density at radius 2 is 1.75 bits per heavy atom. The van der Waals surface area contributed by atoms with E-state index in [4.69, 9.17) is 4.74 Å². The summed E-state index contributed by atoms with van der Waals surface area (Å²) in [6.45, 7) is 5.15. The van der Waals surface area contributed by atoms with Crippen molar-refractivity contribution in [1.29, 1.82) is 0 Å². The highest BCUT2D eigenvalue weighted by Crippen LogP contribution is 2.18. The molecule has 0 atom stereocenters. The number of carbonyl (C=O) groups excluding carboxylic acids is 1. The third-order valence-electron chi connectivity index (χ3n) is 2.56. The van der Waals surface area contributed by atoms with Crippen LogP contribution in [0.25, 0.3) is 0 Å². The lowest BCUT2D eigenvalue weighted by molar-refractivity contribution is -0.130. The van der Waals surface area contributed by atoms with Gasteiger partial charge in [-0.2, -0.15) is 0 Å². The molecule has 0 aliphatic rings. The van der Waals surface area contributed by atoms with Crippen molar-refractivity contribution in [3.8, 4) is 5.75 Å². The quantitative estimate of drug-likeness (QED) is 0.364. The Morgan fingerprint density at radius 3 is 2.35 bits per heavy atom. The van der Waals surface area contributed by atoms with Crippen molar-refractivity contribution < 1.29 is 9.53 Å². The predicted molar refractivity (Wildman–Crippen MR) is 80.6 cm³/mol. The molecule has 0 bridgehead atoms. The van der Waals surface area contributed by atoms with Gasteiger partial charge >= 0.3 is 5.97 Å². The first-order valence-electron chi connectivity index (χ1n) is 6.22. The lowest BCUT2D eigenvalue weighted by Crippen LogP contribution is -2.07. The third-order valence-corrected chi connectivity index (χ3v) is 2.56. The first-order valence-corrected chi connectivity index (χ1v) is 6.22. The molecule has 20 heavy (non-hydrogen) atoms. The van der Waals surface area contributed by atoms with Gasteiger partial charge in [0.15, 0.2) is 0 Å². The monoisotopic (exact) mass is 265 g/mol. The number of hydrogen-bond donors (Lipinski definition) is 0. The number of hydrogen-bond acceptors (Lipinski definition) is 3. The van der Waals surface area contributed by atoms with E-state index in [2.05, 4.69) is 11.6 Å². The van der Waals surface area contributed by atoms with Crippen molar-refractivity contribution in [2.45, 2.75) is 6.92 Å². The van der Waals surface area contributed by atoms with E-state index in [1.54, 1.807) is 37.4 Å². The van der Waals surface area contributed by atoms with Crippen LogP contribution in [0.2, 0.25) is 0 Å². The molecular formula is C17H15NO2. The van der Waals surface area contributed by atoms with Gasteiger partial charge in [-0.3, -0.25) is 4.99 Å². The summed E-state index contributed by atoms with van der Waals surface area (Å²) in [6, 6.07) is 16.8. The summed E-state index contributed by atoms with van der Waals surface area (Å²) in [7, 11) is 0.